The molecule has 7 heteroatoms. The molecule has 0 aliphatic carbocycles. The normalized spacial score (nSPS) is 18.0. The molecule has 170 valence electrons. The van der Waals surface area contributed by atoms with E-state index in [4.69, 9.17) is 14.2 Å². The Morgan fingerprint density at radius 2 is 1.87 bits per heavy atom. The van der Waals surface area contributed by atoms with Gasteiger partial charge in [0, 0.05) is 13.0 Å². The van der Waals surface area contributed by atoms with Crippen LogP contribution in [0.1, 0.15) is 52.5 Å². The zero-order valence-electron chi connectivity index (χ0n) is 18.8. The van der Waals surface area contributed by atoms with E-state index in [0.29, 0.717) is 26.2 Å². The van der Waals surface area contributed by atoms with Gasteiger partial charge < -0.3 is 30.0 Å². The first-order valence-electron chi connectivity index (χ1n) is 10.9. The molecule has 7 nitrogen and oxygen atoms in total. The Bertz CT molecular complexity index is 626. The monoisotopic (exact) mass is 422 g/mol. The second-order valence-electron chi connectivity index (χ2n) is 9.00. The van der Waals surface area contributed by atoms with Crippen LogP contribution < -0.4 is 10.6 Å². The van der Waals surface area contributed by atoms with Crippen LogP contribution in [0.15, 0.2) is 30.3 Å². The minimum atomic E-state index is -0.739. The number of carbonyl (C=O) groups is 1. The molecule has 2 atom stereocenters. The number of benzene rings is 1. The van der Waals surface area contributed by atoms with E-state index in [1.165, 1.54) is 0 Å². The average molecular weight is 423 g/mol. The summed E-state index contributed by atoms with van der Waals surface area (Å²) in [5.74, 6) is -0.447. The standard InChI is InChI=1S/C23H38N2O5/c1-22(2,3)30-21(27)25-19(16-18-10-6-5-7-11-18)20(26)17-24-13-9-8-12-23(4)28-14-15-29-23/h5-7,10-11,19-20,24,26H,8-9,12-17H2,1-4H3,(H,25,27). The lowest BCUT2D eigenvalue weighted by Gasteiger charge is -2.27. The summed E-state index contributed by atoms with van der Waals surface area (Å²) in [5, 5.41) is 16.8. The van der Waals surface area contributed by atoms with Crippen molar-refractivity contribution in [2.45, 2.75) is 76.9 Å². The van der Waals surface area contributed by atoms with Crippen molar-refractivity contribution in [1.29, 1.82) is 0 Å². The molecule has 1 amide bonds. The third-order valence-electron chi connectivity index (χ3n) is 4.95. The van der Waals surface area contributed by atoms with E-state index in [-0.39, 0.29) is 0 Å². The number of unbranched alkanes of at least 4 members (excludes halogenated alkanes) is 1. The molecule has 0 bridgehead atoms. The summed E-state index contributed by atoms with van der Waals surface area (Å²) in [6, 6.07) is 9.36. The maximum atomic E-state index is 12.2. The van der Waals surface area contributed by atoms with Crippen molar-refractivity contribution in [3.63, 3.8) is 0 Å². The van der Waals surface area contributed by atoms with Gasteiger partial charge in [-0.05, 0) is 59.1 Å². The molecule has 0 saturated carbocycles. The lowest BCUT2D eigenvalue weighted by Crippen LogP contribution is -2.50. The lowest BCUT2D eigenvalue weighted by molar-refractivity contribution is -0.147. The van der Waals surface area contributed by atoms with Crippen LogP contribution in [0.3, 0.4) is 0 Å². The molecule has 30 heavy (non-hydrogen) atoms. The van der Waals surface area contributed by atoms with Crippen molar-refractivity contribution in [3.05, 3.63) is 35.9 Å². The number of nitrogens with one attached hydrogen (secondary N) is 2. The van der Waals surface area contributed by atoms with E-state index in [0.717, 1.165) is 31.4 Å². The molecule has 0 spiro atoms. The van der Waals surface area contributed by atoms with Gasteiger partial charge in [-0.25, -0.2) is 4.79 Å². The number of hydrogen-bond acceptors (Lipinski definition) is 6. The van der Waals surface area contributed by atoms with Gasteiger partial charge in [0.1, 0.15) is 5.60 Å². The fourth-order valence-corrected chi connectivity index (χ4v) is 3.40. The van der Waals surface area contributed by atoms with Crippen LogP contribution in [0.25, 0.3) is 0 Å². The van der Waals surface area contributed by atoms with Crippen molar-refractivity contribution >= 4 is 6.09 Å². The predicted octanol–water partition coefficient (Wildman–Crippen LogP) is 3.01. The Kier molecular flexibility index (Phi) is 9.55. The summed E-state index contributed by atoms with van der Waals surface area (Å²) in [5.41, 5.74) is 0.455. The molecule has 1 heterocycles. The predicted molar refractivity (Wildman–Crippen MR) is 116 cm³/mol. The quantitative estimate of drug-likeness (QED) is 0.475. The Morgan fingerprint density at radius 1 is 1.20 bits per heavy atom. The molecule has 1 aromatic rings. The third kappa shape index (κ3) is 9.43. The number of aliphatic hydroxyl groups excluding tert-OH is 1. The van der Waals surface area contributed by atoms with Crippen LogP contribution in [0.4, 0.5) is 4.79 Å². The molecule has 0 radical (unpaired) electrons. The molecular weight excluding hydrogens is 384 g/mol. The first kappa shape index (κ1) is 24.6. The number of amides is 1. The summed E-state index contributed by atoms with van der Waals surface area (Å²) in [6.07, 6.45) is 2.05. The molecule has 3 N–H and O–H groups in total. The lowest BCUT2D eigenvalue weighted by atomic mass is 10.0. The molecule has 1 aromatic carbocycles. The highest BCUT2D eigenvalue weighted by Gasteiger charge is 2.30. The Morgan fingerprint density at radius 3 is 2.50 bits per heavy atom. The topological polar surface area (TPSA) is 89.1 Å². The van der Waals surface area contributed by atoms with E-state index in [2.05, 4.69) is 10.6 Å². The van der Waals surface area contributed by atoms with E-state index in [1.54, 1.807) is 0 Å². The van der Waals surface area contributed by atoms with Crippen LogP contribution in [-0.2, 0) is 20.6 Å². The Balaban J connectivity index is 1.77. The number of aliphatic hydroxyl groups is 1. The number of hydrogen-bond donors (Lipinski definition) is 3. The van der Waals surface area contributed by atoms with Crippen molar-refractivity contribution in [2.24, 2.45) is 0 Å². The van der Waals surface area contributed by atoms with Crippen LogP contribution in [0.2, 0.25) is 0 Å². The van der Waals surface area contributed by atoms with Gasteiger partial charge in [0.25, 0.3) is 0 Å². The zero-order valence-corrected chi connectivity index (χ0v) is 18.8. The minimum Gasteiger partial charge on any atom is -0.444 e. The SMILES string of the molecule is CC(C)(C)OC(=O)NC(Cc1ccccc1)C(O)CNCCCCC1(C)OCCO1. The first-order chi connectivity index (χ1) is 14.2. The Labute approximate surface area is 180 Å². The van der Waals surface area contributed by atoms with E-state index < -0.39 is 29.6 Å². The van der Waals surface area contributed by atoms with Gasteiger partial charge in [0.05, 0.1) is 25.4 Å². The van der Waals surface area contributed by atoms with Crippen molar-refractivity contribution in [2.75, 3.05) is 26.3 Å². The second-order valence-corrected chi connectivity index (χ2v) is 9.00. The van der Waals surface area contributed by atoms with Gasteiger partial charge in [0.2, 0.25) is 0 Å². The molecule has 1 saturated heterocycles. The van der Waals surface area contributed by atoms with E-state index in [9.17, 15) is 9.90 Å². The Hall–Kier alpha value is -1.67. The molecule has 2 unspecified atom stereocenters. The van der Waals surface area contributed by atoms with Gasteiger partial charge in [-0.2, -0.15) is 0 Å². The van der Waals surface area contributed by atoms with Gasteiger partial charge >= 0.3 is 6.09 Å². The van der Waals surface area contributed by atoms with E-state index in [1.807, 2.05) is 58.0 Å². The minimum absolute atomic E-state index is 0.386. The largest absolute Gasteiger partial charge is 0.444 e. The first-order valence-corrected chi connectivity index (χ1v) is 10.9. The summed E-state index contributed by atoms with van der Waals surface area (Å²) < 4.78 is 16.6. The van der Waals surface area contributed by atoms with E-state index >= 15 is 0 Å². The van der Waals surface area contributed by atoms with Gasteiger partial charge in [-0.1, -0.05) is 30.3 Å². The average Bonchev–Trinajstić information content (AvgIpc) is 3.10. The van der Waals surface area contributed by atoms with Crippen molar-refractivity contribution < 1.29 is 24.1 Å². The summed E-state index contributed by atoms with van der Waals surface area (Å²) >= 11 is 0. The van der Waals surface area contributed by atoms with Crippen LogP contribution in [-0.4, -0.2) is 61.0 Å². The zero-order chi connectivity index (χ0) is 22.0. The fraction of sp³-hybridized carbons (Fsp3) is 0.696. The maximum Gasteiger partial charge on any atom is 0.407 e. The molecule has 0 aromatic heterocycles. The number of carbonyl (C=O) groups excluding carboxylic acids is 1. The molecule has 2 rings (SSSR count). The number of ether oxygens (including phenoxy) is 3. The van der Waals surface area contributed by atoms with Gasteiger partial charge in [0.15, 0.2) is 5.79 Å². The second kappa shape index (κ2) is 11.6. The summed E-state index contributed by atoms with van der Waals surface area (Å²) in [6.45, 7) is 9.92. The van der Waals surface area contributed by atoms with Gasteiger partial charge in [-0.3, -0.25) is 0 Å². The number of alkyl carbamates (subject to hydrolysis) is 1. The van der Waals surface area contributed by atoms with Crippen LogP contribution in [0.5, 0.6) is 0 Å². The highest BCUT2D eigenvalue weighted by molar-refractivity contribution is 5.68. The van der Waals surface area contributed by atoms with Crippen molar-refractivity contribution in [3.8, 4) is 0 Å². The summed E-state index contributed by atoms with van der Waals surface area (Å²) in [7, 11) is 0. The highest BCUT2D eigenvalue weighted by atomic mass is 16.7. The van der Waals surface area contributed by atoms with Gasteiger partial charge in [-0.15, -0.1) is 0 Å². The molecule has 1 fully saturated rings. The highest BCUT2D eigenvalue weighted by Crippen LogP contribution is 2.24. The molecule has 1 aliphatic rings. The smallest absolute Gasteiger partial charge is 0.407 e. The summed E-state index contributed by atoms with van der Waals surface area (Å²) in [4.78, 5) is 12.2. The molecule has 1 aliphatic heterocycles. The van der Waals surface area contributed by atoms with Crippen LogP contribution >= 0.6 is 0 Å². The number of rotatable bonds is 11. The van der Waals surface area contributed by atoms with Crippen molar-refractivity contribution in [1.82, 2.24) is 10.6 Å². The third-order valence-corrected chi connectivity index (χ3v) is 4.95. The fourth-order valence-electron chi connectivity index (χ4n) is 3.40. The molecular formula is C23H38N2O5. The maximum absolute atomic E-state index is 12.2. The van der Waals surface area contributed by atoms with Crippen LogP contribution in [0, 0.1) is 0 Å².